The summed E-state index contributed by atoms with van der Waals surface area (Å²) in [5.41, 5.74) is 3.78. The molecule has 0 bridgehead atoms. The van der Waals surface area contributed by atoms with Gasteiger partial charge in [-0.25, -0.2) is 9.79 Å². The Labute approximate surface area is 201 Å². The van der Waals surface area contributed by atoms with Gasteiger partial charge in [0.05, 0.1) is 5.56 Å². The van der Waals surface area contributed by atoms with Crippen molar-refractivity contribution in [3.05, 3.63) is 70.6 Å². The lowest BCUT2D eigenvalue weighted by atomic mass is 10.1. The van der Waals surface area contributed by atoms with E-state index in [0.29, 0.717) is 22.7 Å². The van der Waals surface area contributed by atoms with Crippen LogP contribution in [0.15, 0.2) is 54.1 Å². The van der Waals surface area contributed by atoms with Crippen LogP contribution in [0.5, 0.6) is 5.75 Å². The predicted molar refractivity (Wildman–Crippen MR) is 140 cm³/mol. The monoisotopic (exact) mass is 467 g/mol. The molecule has 1 aromatic heterocycles. The number of hydrogen-bond acceptors (Lipinski definition) is 5. The number of nitrogens with zero attached hydrogens (tertiary/aromatic N) is 1. The number of rotatable bonds is 9. The maximum Gasteiger partial charge on any atom is 0.346 e. The molecular weight excluding hydrogens is 434 g/mol. The standard InChI is InChI=1S/C15H19NO3S.C10H12O.C2H2/c1-6-7-8(2)10(4)16-14-12(11(5)17)9(3)13(20-14)15(18)19;1-3-8-11-10-6-4-9(2)5-7-10;1-2/h2,6-7H2,1,3-5H3,(H,18,19);3-7H,1,8H2,2H3;1-2H/b16-10+;;. The Morgan fingerprint density at radius 1 is 1.18 bits per heavy atom. The molecule has 0 fully saturated rings. The highest BCUT2D eigenvalue weighted by Gasteiger charge is 2.22. The first-order chi connectivity index (χ1) is 15.6. The number of carbonyl (C=O) groups excluding carboxylic acids is 1. The second kappa shape index (κ2) is 15.4. The zero-order valence-corrected chi connectivity index (χ0v) is 20.9. The smallest absolute Gasteiger partial charge is 0.346 e. The Bertz CT molecular complexity index is 1010. The zero-order chi connectivity index (χ0) is 25.6. The third-order valence-corrected chi connectivity index (χ3v) is 5.57. The van der Waals surface area contributed by atoms with Crippen LogP contribution in [0, 0.1) is 26.7 Å². The first-order valence-corrected chi connectivity index (χ1v) is 11.2. The summed E-state index contributed by atoms with van der Waals surface area (Å²) in [6.07, 6.45) is 11.5. The van der Waals surface area contributed by atoms with Crippen molar-refractivity contribution in [1.82, 2.24) is 0 Å². The van der Waals surface area contributed by atoms with E-state index in [1.807, 2.05) is 31.2 Å². The van der Waals surface area contributed by atoms with Gasteiger partial charge in [0.15, 0.2) is 5.78 Å². The van der Waals surface area contributed by atoms with Crippen molar-refractivity contribution in [1.29, 1.82) is 0 Å². The predicted octanol–water partition coefficient (Wildman–Crippen LogP) is 7.22. The molecular formula is C27H33NO4S. The topological polar surface area (TPSA) is 76.0 Å². The largest absolute Gasteiger partial charge is 0.490 e. The number of terminal acetylenes is 1. The summed E-state index contributed by atoms with van der Waals surface area (Å²) in [6, 6.07) is 7.97. The van der Waals surface area contributed by atoms with Gasteiger partial charge in [0, 0.05) is 5.71 Å². The van der Waals surface area contributed by atoms with Crippen LogP contribution in [0.4, 0.5) is 5.00 Å². The maximum absolute atomic E-state index is 11.7. The van der Waals surface area contributed by atoms with E-state index in [-0.39, 0.29) is 10.7 Å². The van der Waals surface area contributed by atoms with Crippen molar-refractivity contribution in [3.63, 3.8) is 0 Å². The van der Waals surface area contributed by atoms with Gasteiger partial charge >= 0.3 is 5.97 Å². The van der Waals surface area contributed by atoms with E-state index in [1.54, 1.807) is 13.0 Å². The molecule has 0 unspecified atom stereocenters. The van der Waals surface area contributed by atoms with E-state index in [9.17, 15) is 9.59 Å². The average molecular weight is 468 g/mol. The van der Waals surface area contributed by atoms with E-state index >= 15 is 0 Å². The molecule has 2 rings (SSSR count). The summed E-state index contributed by atoms with van der Waals surface area (Å²) >= 11 is 1.04. The minimum absolute atomic E-state index is 0.168. The summed E-state index contributed by atoms with van der Waals surface area (Å²) in [6.45, 7) is 17.1. The number of allylic oxidation sites excluding steroid dienone is 1. The van der Waals surface area contributed by atoms with Gasteiger partial charge in [-0.05, 0) is 57.4 Å². The molecule has 0 saturated carbocycles. The summed E-state index contributed by atoms with van der Waals surface area (Å²) < 4.78 is 5.29. The highest BCUT2D eigenvalue weighted by Crippen LogP contribution is 2.36. The molecule has 0 aliphatic carbocycles. The molecule has 33 heavy (non-hydrogen) atoms. The van der Waals surface area contributed by atoms with E-state index in [1.165, 1.54) is 12.5 Å². The van der Waals surface area contributed by atoms with Crippen LogP contribution < -0.4 is 4.74 Å². The highest BCUT2D eigenvalue weighted by molar-refractivity contribution is 7.18. The molecule has 0 aliphatic heterocycles. The average Bonchev–Trinajstić information content (AvgIpc) is 3.11. The molecule has 0 amide bonds. The Balaban J connectivity index is 0.000000663. The minimum Gasteiger partial charge on any atom is -0.490 e. The van der Waals surface area contributed by atoms with Crippen molar-refractivity contribution in [2.24, 2.45) is 4.99 Å². The lowest BCUT2D eigenvalue weighted by Gasteiger charge is -2.03. The number of Topliss-reactive ketones (excluding diaryl/α,β-unsaturated/α-hetero) is 1. The van der Waals surface area contributed by atoms with Crippen molar-refractivity contribution >= 4 is 33.8 Å². The van der Waals surface area contributed by atoms with Crippen LogP contribution in [0.25, 0.3) is 0 Å². The van der Waals surface area contributed by atoms with Crippen molar-refractivity contribution < 1.29 is 19.4 Å². The number of ketones is 1. The van der Waals surface area contributed by atoms with Gasteiger partial charge in [0.2, 0.25) is 0 Å². The quantitative estimate of drug-likeness (QED) is 0.183. The van der Waals surface area contributed by atoms with Crippen LogP contribution in [0.1, 0.15) is 64.8 Å². The van der Waals surface area contributed by atoms with Gasteiger partial charge in [0.1, 0.15) is 22.2 Å². The SMILES string of the molecule is C#C.C=C(CCC)/C(C)=N/c1sc(C(=O)O)c(C)c1C(C)=O.C=CCOc1ccc(C)cc1. The number of carboxylic acids is 1. The molecule has 0 spiro atoms. The number of aromatic carboxylic acids is 1. The number of ether oxygens (including phenoxy) is 1. The molecule has 0 saturated heterocycles. The van der Waals surface area contributed by atoms with Crippen LogP contribution in [-0.2, 0) is 0 Å². The molecule has 0 aliphatic rings. The second-order valence-corrected chi connectivity index (χ2v) is 8.06. The molecule has 0 radical (unpaired) electrons. The Morgan fingerprint density at radius 2 is 1.76 bits per heavy atom. The third-order valence-electron chi connectivity index (χ3n) is 4.40. The van der Waals surface area contributed by atoms with Gasteiger partial charge in [-0.1, -0.05) is 50.3 Å². The minimum atomic E-state index is -1.03. The van der Waals surface area contributed by atoms with E-state index in [0.717, 1.165) is 41.2 Å². The van der Waals surface area contributed by atoms with Gasteiger partial charge in [-0.2, -0.15) is 0 Å². The normalized spacial score (nSPS) is 10.1. The fourth-order valence-electron chi connectivity index (χ4n) is 2.70. The van der Waals surface area contributed by atoms with Crippen molar-refractivity contribution in [3.8, 4) is 18.6 Å². The fraction of sp³-hybridized carbons (Fsp3) is 0.296. The zero-order valence-electron chi connectivity index (χ0n) is 20.1. The first kappa shape index (κ1) is 29.6. The van der Waals surface area contributed by atoms with Gasteiger partial charge in [-0.3, -0.25) is 4.79 Å². The molecule has 1 heterocycles. The molecule has 176 valence electrons. The summed E-state index contributed by atoms with van der Waals surface area (Å²) in [7, 11) is 0. The van der Waals surface area contributed by atoms with E-state index < -0.39 is 5.97 Å². The number of aryl methyl sites for hydroxylation is 1. The lowest BCUT2D eigenvalue weighted by molar-refractivity contribution is 0.0701. The number of aliphatic imine (C=N–C) groups is 1. The summed E-state index contributed by atoms with van der Waals surface area (Å²) in [4.78, 5) is 27.5. The second-order valence-electron chi connectivity index (χ2n) is 7.06. The van der Waals surface area contributed by atoms with Gasteiger partial charge < -0.3 is 9.84 Å². The third kappa shape index (κ3) is 9.71. The fourth-order valence-corrected chi connectivity index (χ4v) is 3.82. The molecule has 2 aromatic rings. The molecule has 0 atom stereocenters. The first-order valence-electron chi connectivity index (χ1n) is 10.4. The maximum atomic E-state index is 11.7. The van der Waals surface area contributed by atoms with E-state index in [4.69, 9.17) is 9.84 Å². The number of thiophene rings is 1. The molecule has 1 N–H and O–H groups in total. The Morgan fingerprint density at radius 3 is 2.21 bits per heavy atom. The number of hydrogen-bond donors (Lipinski definition) is 1. The van der Waals surface area contributed by atoms with Gasteiger partial charge in [-0.15, -0.1) is 24.2 Å². The van der Waals surface area contributed by atoms with Crippen LogP contribution in [-0.4, -0.2) is 29.2 Å². The lowest BCUT2D eigenvalue weighted by Crippen LogP contribution is -1.99. The molecule has 1 aromatic carbocycles. The summed E-state index contributed by atoms with van der Waals surface area (Å²) in [5.74, 6) is -0.295. The molecule has 5 nitrogen and oxygen atoms in total. The highest BCUT2D eigenvalue weighted by atomic mass is 32.1. The summed E-state index contributed by atoms with van der Waals surface area (Å²) in [5, 5.41) is 9.61. The Hall–Kier alpha value is -3.43. The van der Waals surface area contributed by atoms with Crippen molar-refractivity contribution in [2.45, 2.75) is 47.5 Å². The Kier molecular flexibility index (Phi) is 13.8. The van der Waals surface area contributed by atoms with Crippen molar-refractivity contribution in [2.75, 3.05) is 6.61 Å². The number of carboxylic acid groups (broad SMARTS) is 1. The van der Waals surface area contributed by atoms with Crippen LogP contribution in [0.3, 0.4) is 0 Å². The molecule has 6 heteroatoms. The van der Waals surface area contributed by atoms with Crippen LogP contribution in [0.2, 0.25) is 0 Å². The van der Waals surface area contributed by atoms with E-state index in [2.05, 4.69) is 44.8 Å². The number of benzene rings is 1. The van der Waals surface area contributed by atoms with Crippen LogP contribution >= 0.6 is 11.3 Å². The number of carbonyl (C=O) groups is 2. The van der Waals surface area contributed by atoms with Gasteiger partial charge in [0.25, 0.3) is 0 Å².